The maximum Gasteiger partial charge on any atom is 0.191 e. The van der Waals surface area contributed by atoms with Crippen LogP contribution in [-0.4, -0.2) is 31.3 Å². The van der Waals surface area contributed by atoms with Crippen LogP contribution in [-0.2, 0) is 6.54 Å². The van der Waals surface area contributed by atoms with E-state index in [0.29, 0.717) is 11.7 Å². The van der Waals surface area contributed by atoms with E-state index in [1.165, 1.54) is 30.2 Å². The second-order valence-electron chi connectivity index (χ2n) is 7.15. The van der Waals surface area contributed by atoms with E-state index in [-0.39, 0.29) is 5.78 Å². The van der Waals surface area contributed by atoms with Gasteiger partial charge < -0.3 is 9.55 Å². The highest BCUT2D eigenvalue weighted by Gasteiger charge is 2.30. The Bertz CT molecular complexity index is 1130. The van der Waals surface area contributed by atoms with Crippen LogP contribution in [0.4, 0.5) is 0 Å². The van der Waals surface area contributed by atoms with Gasteiger partial charge >= 0.3 is 0 Å². The number of hydrogen-bond donors (Lipinski definition) is 1. The van der Waals surface area contributed by atoms with Crippen LogP contribution in [0.1, 0.15) is 40.5 Å². The number of hydrogen-bond acceptors (Lipinski definition) is 4. The first-order valence-corrected chi connectivity index (χ1v) is 10.5. The lowest BCUT2D eigenvalue weighted by molar-refractivity contribution is 0.102. The van der Waals surface area contributed by atoms with Crippen LogP contribution >= 0.6 is 11.8 Å². The van der Waals surface area contributed by atoms with E-state index in [1.807, 2.05) is 42.5 Å². The molecule has 0 aliphatic heterocycles. The zero-order valence-electron chi connectivity index (χ0n) is 15.3. The number of H-pyrrole nitrogens is 1. The van der Waals surface area contributed by atoms with Crippen molar-refractivity contribution in [3.63, 3.8) is 0 Å². The molecule has 6 heteroatoms. The van der Waals surface area contributed by atoms with E-state index in [9.17, 15) is 4.79 Å². The van der Waals surface area contributed by atoms with Crippen molar-refractivity contribution < 1.29 is 4.79 Å². The molecule has 1 saturated carbocycles. The van der Waals surface area contributed by atoms with E-state index in [0.717, 1.165) is 34.0 Å². The second kappa shape index (κ2) is 7.28. The van der Waals surface area contributed by atoms with Gasteiger partial charge in [-0.2, -0.15) is 0 Å². The molecule has 1 aliphatic carbocycles. The minimum absolute atomic E-state index is 0.102. The first-order valence-electron chi connectivity index (χ1n) is 9.49. The molecule has 5 rings (SSSR count). The Labute approximate surface area is 167 Å². The van der Waals surface area contributed by atoms with Gasteiger partial charge in [-0.05, 0) is 24.5 Å². The number of thioether (sulfide) groups is 1. The molecular weight excluding hydrogens is 368 g/mol. The van der Waals surface area contributed by atoms with Crippen molar-refractivity contribution in [2.24, 2.45) is 0 Å². The molecule has 0 unspecified atom stereocenters. The van der Waals surface area contributed by atoms with E-state index in [1.54, 1.807) is 6.20 Å². The van der Waals surface area contributed by atoms with Gasteiger partial charge in [-0.15, -0.1) is 10.2 Å². The second-order valence-corrected chi connectivity index (χ2v) is 8.09. The van der Waals surface area contributed by atoms with E-state index in [4.69, 9.17) is 0 Å². The highest BCUT2D eigenvalue weighted by Crippen LogP contribution is 2.40. The van der Waals surface area contributed by atoms with Gasteiger partial charge in [0.15, 0.2) is 10.9 Å². The zero-order valence-corrected chi connectivity index (χ0v) is 16.2. The number of aromatic amines is 1. The molecule has 0 spiro atoms. The Balaban J connectivity index is 1.37. The first kappa shape index (κ1) is 17.3. The maximum atomic E-state index is 12.8. The Kier molecular flexibility index (Phi) is 4.49. The number of benzene rings is 2. The van der Waals surface area contributed by atoms with Crippen molar-refractivity contribution >= 4 is 28.4 Å². The van der Waals surface area contributed by atoms with Gasteiger partial charge in [0, 0.05) is 28.6 Å². The Hall–Kier alpha value is -2.86. The Morgan fingerprint density at radius 3 is 2.68 bits per heavy atom. The summed E-state index contributed by atoms with van der Waals surface area (Å²) in [4.78, 5) is 16.0. The number of rotatable bonds is 7. The predicted octanol–water partition coefficient (Wildman–Crippen LogP) is 4.66. The van der Waals surface area contributed by atoms with Crippen LogP contribution < -0.4 is 0 Å². The zero-order chi connectivity index (χ0) is 18.9. The number of carbonyl (C=O) groups is 1. The van der Waals surface area contributed by atoms with Gasteiger partial charge in [0.2, 0.25) is 0 Å². The van der Waals surface area contributed by atoms with Gasteiger partial charge in [-0.1, -0.05) is 60.3 Å². The molecule has 2 aromatic heterocycles. The number of para-hydroxylation sites is 1. The number of fused-ring (bicyclic) bond motifs is 1. The summed E-state index contributed by atoms with van der Waals surface area (Å²) < 4.78 is 2.18. The Morgan fingerprint density at radius 2 is 1.86 bits per heavy atom. The monoisotopic (exact) mass is 388 g/mol. The molecular formula is C22H20N4OS. The first-order chi connectivity index (χ1) is 13.8. The fourth-order valence-corrected chi connectivity index (χ4v) is 4.30. The van der Waals surface area contributed by atoms with Gasteiger partial charge in [-0.25, -0.2) is 0 Å². The normalized spacial score (nSPS) is 13.9. The maximum absolute atomic E-state index is 12.8. The van der Waals surface area contributed by atoms with Crippen LogP contribution in [0.3, 0.4) is 0 Å². The molecule has 1 aliphatic rings. The highest BCUT2D eigenvalue weighted by atomic mass is 32.2. The lowest BCUT2D eigenvalue weighted by atomic mass is 10.1. The number of nitrogens with one attached hydrogen (secondary N) is 1. The molecule has 140 valence electrons. The third-order valence-electron chi connectivity index (χ3n) is 5.09. The average molecular weight is 388 g/mol. The molecule has 28 heavy (non-hydrogen) atoms. The molecule has 2 aromatic carbocycles. The van der Waals surface area contributed by atoms with Crippen LogP contribution in [0.15, 0.2) is 66.0 Å². The highest BCUT2D eigenvalue weighted by molar-refractivity contribution is 7.99. The van der Waals surface area contributed by atoms with Gasteiger partial charge in [0.1, 0.15) is 5.82 Å². The van der Waals surface area contributed by atoms with E-state index in [2.05, 4.69) is 31.9 Å². The third kappa shape index (κ3) is 3.36. The summed E-state index contributed by atoms with van der Waals surface area (Å²) in [5.41, 5.74) is 2.94. The summed E-state index contributed by atoms with van der Waals surface area (Å²) in [5.74, 6) is 2.00. The number of Topliss-reactive ketones (excluding diaryl/α,β-unsaturated/α-hetero) is 1. The summed E-state index contributed by atoms with van der Waals surface area (Å²) in [6, 6.07) is 18.2. The SMILES string of the molecule is O=C(CSc1nnc(C2CC2)n1Cc1ccccc1)c1c[nH]c2ccccc12. The molecule has 0 atom stereocenters. The Morgan fingerprint density at radius 1 is 1.07 bits per heavy atom. The summed E-state index contributed by atoms with van der Waals surface area (Å²) in [6.45, 7) is 0.739. The number of aromatic nitrogens is 4. The average Bonchev–Trinajstić information content (AvgIpc) is 3.36. The molecule has 0 amide bonds. The standard InChI is InChI=1S/C22H20N4OS/c27-20(18-12-23-19-9-5-4-8-17(18)19)14-28-22-25-24-21(16-10-11-16)26(22)13-15-6-2-1-3-7-15/h1-9,12,16,23H,10-11,13-14H2. The van der Waals surface area contributed by atoms with E-state index >= 15 is 0 Å². The molecule has 0 radical (unpaired) electrons. The minimum Gasteiger partial charge on any atom is -0.360 e. The molecule has 5 nitrogen and oxygen atoms in total. The molecule has 2 heterocycles. The fourth-order valence-electron chi connectivity index (χ4n) is 3.48. The van der Waals surface area contributed by atoms with Crippen LogP contribution in [0.2, 0.25) is 0 Å². The van der Waals surface area contributed by atoms with Crippen LogP contribution in [0.25, 0.3) is 10.9 Å². The molecule has 1 fully saturated rings. The van der Waals surface area contributed by atoms with E-state index < -0.39 is 0 Å². The van der Waals surface area contributed by atoms with Crippen molar-refractivity contribution in [3.8, 4) is 0 Å². The smallest absolute Gasteiger partial charge is 0.191 e. The molecule has 0 saturated heterocycles. The molecule has 0 bridgehead atoms. The van der Waals surface area contributed by atoms with Gasteiger partial charge in [0.25, 0.3) is 0 Å². The predicted molar refractivity (Wildman–Crippen MR) is 111 cm³/mol. The molecule has 1 N–H and O–H groups in total. The number of ketones is 1. The van der Waals surface area contributed by atoms with Crippen molar-refractivity contribution in [2.45, 2.75) is 30.5 Å². The van der Waals surface area contributed by atoms with Crippen LogP contribution in [0, 0.1) is 0 Å². The van der Waals surface area contributed by atoms with Crippen molar-refractivity contribution in [3.05, 3.63) is 77.7 Å². The third-order valence-corrected chi connectivity index (χ3v) is 6.06. The summed E-state index contributed by atoms with van der Waals surface area (Å²) in [7, 11) is 0. The largest absolute Gasteiger partial charge is 0.360 e. The van der Waals surface area contributed by atoms with Crippen molar-refractivity contribution in [2.75, 3.05) is 5.75 Å². The van der Waals surface area contributed by atoms with Gasteiger partial charge in [-0.3, -0.25) is 4.79 Å². The topological polar surface area (TPSA) is 63.6 Å². The van der Waals surface area contributed by atoms with Crippen LogP contribution in [0.5, 0.6) is 0 Å². The fraction of sp³-hybridized carbons (Fsp3) is 0.227. The lowest BCUT2D eigenvalue weighted by Crippen LogP contribution is -2.08. The lowest BCUT2D eigenvalue weighted by Gasteiger charge is -2.09. The minimum atomic E-state index is 0.102. The number of nitrogens with zero attached hydrogens (tertiary/aromatic N) is 3. The summed E-state index contributed by atoms with van der Waals surface area (Å²) in [6.07, 6.45) is 4.15. The van der Waals surface area contributed by atoms with Gasteiger partial charge in [0.05, 0.1) is 12.3 Å². The van der Waals surface area contributed by atoms with Crippen molar-refractivity contribution in [1.82, 2.24) is 19.7 Å². The summed E-state index contributed by atoms with van der Waals surface area (Å²) >= 11 is 1.47. The number of carbonyl (C=O) groups excluding carboxylic acids is 1. The molecule has 4 aromatic rings. The quantitative estimate of drug-likeness (QED) is 0.369. The van der Waals surface area contributed by atoms with Crippen molar-refractivity contribution in [1.29, 1.82) is 0 Å². The summed E-state index contributed by atoms with van der Waals surface area (Å²) in [5, 5.41) is 10.6.